The lowest BCUT2D eigenvalue weighted by molar-refractivity contribution is 0.0697. The van der Waals surface area contributed by atoms with Crippen LogP contribution in [0, 0.1) is 6.92 Å². The van der Waals surface area contributed by atoms with Gasteiger partial charge in [-0.25, -0.2) is 9.59 Å². The molecule has 0 amide bonds. The molecule has 0 saturated carbocycles. The average molecular weight is 392 g/mol. The van der Waals surface area contributed by atoms with Gasteiger partial charge in [-0.15, -0.1) is 0 Å². The van der Waals surface area contributed by atoms with E-state index in [0.29, 0.717) is 18.7 Å². The van der Waals surface area contributed by atoms with Gasteiger partial charge in [0.05, 0.1) is 12.1 Å². The van der Waals surface area contributed by atoms with E-state index in [1.165, 1.54) is 0 Å². The van der Waals surface area contributed by atoms with E-state index in [1.807, 2.05) is 54.0 Å². The minimum atomic E-state index is -0.966. The van der Waals surface area contributed by atoms with Crippen molar-refractivity contribution in [2.24, 2.45) is 0 Å². The molecule has 1 heterocycles. The van der Waals surface area contributed by atoms with Gasteiger partial charge >= 0.3 is 11.7 Å². The van der Waals surface area contributed by atoms with Crippen molar-refractivity contribution in [1.82, 2.24) is 9.13 Å². The number of benzene rings is 2. The zero-order chi connectivity index (χ0) is 21.0. The largest absolute Gasteiger partial charge is 0.478 e. The molecule has 29 heavy (non-hydrogen) atoms. The first-order valence-corrected chi connectivity index (χ1v) is 10.2. The Labute approximate surface area is 171 Å². The van der Waals surface area contributed by atoms with Crippen LogP contribution >= 0.6 is 0 Å². The van der Waals surface area contributed by atoms with Crippen LogP contribution in [-0.4, -0.2) is 20.2 Å². The lowest BCUT2D eigenvalue weighted by atomic mass is 9.97. The van der Waals surface area contributed by atoms with Crippen molar-refractivity contribution in [3.63, 3.8) is 0 Å². The SMILES string of the molecule is CCCc1c(C)n(CCC)c(=O)n1Cc1ccc(-c2ccccc2)c(C(=O)O)c1. The van der Waals surface area contributed by atoms with Crippen LogP contribution in [0.5, 0.6) is 0 Å². The molecule has 0 fully saturated rings. The summed E-state index contributed by atoms with van der Waals surface area (Å²) in [6.07, 6.45) is 2.67. The normalized spacial score (nSPS) is 11.0. The second-order valence-corrected chi connectivity index (χ2v) is 7.35. The fraction of sp³-hybridized carbons (Fsp3) is 0.333. The first kappa shape index (κ1) is 20.6. The molecule has 5 nitrogen and oxygen atoms in total. The summed E-state index contributed by atoms with van der Waals surface area (Å²) < 4.78 is 3.64. The van der Waals surface area contributed by atoms with E-state index in [1.54, 1.807) is 10.6 Å². The zero-order valence-corrected chi connectivity index (χ0v) is 17.3. The highest BCUT2D eigenvalue weighted by atomic mass is 16.4. The predicted molar refractivity (Wildman–Crippen MR) is 116 cm³/mol. The molecule has 0 aliphatic rings. The van der Waals surface area contributed by atoms with E-state index in [0.717, 1.165) is 41.8 Å². The number of nitrogens with zero attached hydrogens (tertiary/aromatic N) is 2. The second kappa shape index (κ2) is 8.95. The number of aromatic nitrogens is 2. The molecule has 0 bridgehead atoms. The number of carboxylic acids is 1. The van der Waals surface area contributed by atoms with Crippen LogP contribution < -0.4 is 5.69 Å². The highest BCUT2D eigenvalue weighted by Crippen LogP contribution is 2.25. The van der Waals surface area contributed by atoms with Gasteiger partial charge in [0.2, 0.25) is 0 Å². The molecule has 0 aliphatic carbocycles. The molecule has 1 aromatic heterocycles. The van der Waals surface area contributed by atoms with Crippen LogP contribution in [0.1, 0.15) is 54.0 Å². The molecule has 0 radical (unpaired) electrons. The third kappa shape index (κ3) is 4.19. The number of aromatic carboxylic acids is 1. The van der Waals surface area contributed by atoms with E-state index in [-0.39, 0.29) is 11.3 Å². The molecule has 0 spiro atoms. The van der Waals surface area contributed by atoms with Crippen LogP contribution in [0.3, 0.4) is 0 Å². The molecule has 152 valence electrons. The predicted octanol–water partition coefficient (Wildman–Crippen LogP) is 4.73. The zero-order valence-electron chi connectivity index (χ0n) is 17.3. The fourth-order valence-electron chi connectivity index (χ4n) is 3.88. The van der Waals surface area contributed by atoms with Crippen LogP contribution in [0.25, 0.3) is 11.1 Å². The summed E-state index contributed by atoms with van der Waals surface area (Å²) in [5, 5.41) is 9.76. The van der Waals surface area contributed by atoms with Crippen molar-refractivity contribution in [1.29, 1.82) is 0 Å². The molecule has 3 rings (SSSR count). The molecule has 0 aliphatic heterocycles. The van der Waals surface area contributed by atoms with Gasteiger partial charge in [0.1, 0.15) is 0 Å². The van der Waals surface area contributed by atoms with Gasteiger partial charge in [-0.1, -0.05) is 62.7 Å². The lowest BCUT2D eigenvalue weighted by Crippen LogP contribution is -2.26. The van der Waals surface area contributed by atoms with Crippen molar-refractivity contribution < 1.29 is 9.90 Å². The third-order valence-electron chi connectivity index (χ3n) is 5.28. The average Bonchev–Trinajstić information content (AvgIpc) is 2.94. The summed E-state index contributed by atoms with van der Waals surface area (Å²) in [7, 11) is 0. The minimum absolute atomic E-state index is 0.0168. The Kier molecular flexibility index (Phi) is 6.37. The van der Waals surface area contributed by atoms with Gasteiger partial charge in [0.15, 0.2) is 0 Å². The number of rotatable bonds is 8. The van der Waals surface area contributed by atoms with Gasteiger partial charge in [-0.05, 0) is 42.5 Å². The van der Waals surface area contributed by atoms with Crippen LogP contribution in [0.15, 0.2) is 53.3 Å². The van der Waals surface area contributed by atoms with Crippen LogP contribution in [0.2, 0.25) is 0 Å². The molecule has 1 N–H and O–H groups in total. The lowest BCUT2D eigenvalue weighted by Gasteiger charge is -2.11. The number of carbonyl (C=O) groups is 1. The van der Waals surface area contributed by atoms with Gasteiger partial charge in [-0.3, -0.25) is 9.13 Å². The number of carboxylic acid groups (broad SMARTS) is 1. The highest BCUT2D eigenvalue weighted by Gasteiger charge is 2.18. The molecule has 2 aromatic carbocycles. The molecule has 0 atom stereocenters. The van der Waals surface area contributed by atoms with E-state index in [2.05, 4.69) is 13.8 Å². The Morgan fingerprint density at radius 2 is 1.72 bits per heavy atom. The standard InChI is InChI=1S/C24H28N2O3/c1-4-9-22-17(3)25(14-5-2)24(29)26(22)16-18-12-13-20(21(15-18)23(27)28)19-10-7-6-8-11-19/h6-8,10-13,15H,4-5,9,14,16H2,1-3H3,(H,27,28). The Hall–Kier alpha value is -3.08. The summed E-state index contributed by atoms with van der Waals surface area (Å²) in [4.78, 5) is 24.9. The van der Waals surface area contributed by atoms with Crippen molar-refractivity contribution in [2.75, 3.05) is 0 Å². The Bertz CT molecular complexity index is 1060. The van der Waals surface area contributed by atoms with Crippen LogP contribution in [-0.2, 0) is 19.5 Å². The highest BCUT2D eigenvalue weighted by molar-refractivity contribution is 5.96. The molecular weight excluding hydrogens is 364 g/mol. The third-order valence-corrected chi connectivity index (χ3v) is 5.28. The molecule has 0 unspecified atom stereocenters. The van der Waals surface area contributed by atoms with Crippen molar-refractivity contribution in [3.05, 3.63) is 81.5 Å². The molecular formula is C24H28N2O3. The van der Waals surface area contributed by atoms with E-state index >= 15 is 0 Å². The van der Waals surface area contributed by atoms with Crippen molar-refractivity contribution in [2.45, 2.75) is 53.1 Å². The van der Waals surface area contributed by atoms with E-state index in [9.17, 15) is 14.7 Å². The maximum atomic E-state index is 13.0. The first-order chi connectivity index (χ1) is 14.0. The minimum Gasteiger partial charge on any atom is -0.478 e. The maximum Gasteiger partial charge on any atom is 0.336 e. The smallest absolute Gasteiger partial charge is 0.336 e. The Morgan fingerprint density at radius 3 is 2.34 bits per heavy atom. The van der Waals surface area contributed by atoms with Gasteiger partial charge in [0.25, 0.3) is 0 Å². The van der Waals surface area contributed by atoms with Crippen molar-refractivity contribution >= 4 is 5.97 Å². The summed E-state index contributed by atoms with van der Waals surface area (Å²) >= 11 is 0. The van der Waals surface area contributed by atoms with E-state index < -0.39 is 5.97 Å². The maximum absolute atomic E-state index is 13.0. The van der Waals surface area contributed by atoms with Crippen molar-refractivity contribution in [3.8, 4) is 11.1 Å². The molecule has 5 heteroatoms. The second-order valence-electron chi connectivity index (χ2n) is 7.35. The van der Waals surface area contributed by atoms with Gasteiger partial charge < -0.3 is 5.11 Å². The van der Waals surface area contributed by atoms with Gasteiger partial charge in [0, 0.05) is 17.9 Å². The topological polar surface area (TPSA) is 64.2 Å². The monoisotopic (exact) mass is 392 g/mol. The Morgan fingerprint density at radius 1 is 1.00 bits per heavy atom. The summed E-state index contributed by atoms with van der Waals surface area (Å²) in [5.41, 5.74) is 4.65. The van der Waals surface area contributed by atoms with Gasteiger partial charge in [-0.2, -0.15) is 0 Å². The molecule has 0 saturated heterocycles. The number of imidazole rings is 1. The van der Waals surface area contributed by atoms with Crippen LogP contribution in [0.4, 0.5) is 0 Å². The first-order valence-electron chi connectivity index (χ1n) is 10.2. The van der Waals surface area contributed by atoms with E-state index in [4.69, 9.17) is 0 Å². The molecule has 3 aromatic rings. The number of hydrogen-bond acceptors (Lipinski definition) is 2. The quantitative estimate of drug-likeness (QED) is 0.602. The summed E-state index contributed by atoms with van der Waals surface area (Å²) in [6, 6.07) is 15.0. The Balaban J connectivity index is 2.05. The summed E-state index contributed by atoms with van der Waals surface area (Å²) in [6.45, 7) is 7.23. The fourth-order valence-corrected chi connectivity index (χ4v) is 3.88. The number of hydrogen-bond donors (Lipinski definition) is 1. The summed E-state index contributed by atoms with van der Waals surface area (Å²) in [5.74, 6) is -0.966.